The van der Waals surface area contributed by atoms with E-state index in [0.29, 0.717) is 16.9 Å². The maximum absolute atomic E-state index is 14.6. The third-order valence-electron chi connectivity index (χ3n) is 8.77. The van der Waals surface area contributed by atoms with Crippen LogP contribution >= 0.6 is 23.1 Å². The number of hydrogen-bond acceptors (Lipinski definition) is 9. The fraction of sp³-hybridized carbons (Fsp3) is 0.214. The first-order valence-electron chi connectivity index (χ1n) is 17.4. The third-order valence-corrected chi connectivity index (χ3v) is 11.2. The molecule has 2 aliphatic rings. The molecule has 3 atom stereocenters. The Morgan fingerprint density at radius 3 is 1.94 bits per heavy atom. The van der Waals surface area contributed by atoms with Crippen LogP contribution in [0.4, 0.5) is 4.79 Å². The van der Waals surface area contributed by atoms with Gasteiger partial charge in [-0.05, 0) is 37.5 Å². The van der Waals surface area contributed by atoms with E-state index in [0.717, 1.165) is 26.6 Å². The molecule has 0 bridgehead atoms. The van der Waals surface area contributed by atoms with E-state index in [2.05, 4.69) is 15.6 Å². The Bertz CT molecular complexity index is 2130. The number of carbonyl (C=O) groups is 4. The minimum atomic E-state index is -1.14. The van der Waals surface area contributed by atoms with Crippen LogP contribution in [-0.2, 0) is 23.9 Å². The zero-order valence-corrected chi connectivity index (χ0v) is 31.4. The molecule has 274 valence electrons. The number of thiazole rings is 1. The number of rotatable bonds is 10. The number of benzene rings is 4. The molecule has 0 saturated carbocycles. The highest BCUT2D eigenvalue weighted by Crippen LogP contribution is 2.46. The molecule has 2 aliphatic heterocycles. The Balaban J connectivity index is 1.20. The predicted molar refractivity (Wildman–Crippen MR) is 209 cm³/mol. The van der Waals surface area contributed by atoms with Crippen LogP contribution in [0.15, 0.2) is 133 Å². The van der Waals surface area contributed by atoms with Crippen LogP contribution in [0.5, 0.6) is 0 Å². The van der Waals surface area contributed by atoms with E-state index in [-0.39, 0.29) is 5.70 Å². The number of hydrogen-bond donors (Lipinski definition) is 2. The second-order valence-electron chi connectivity index (χ2n) is 13.7. The topological polar surface area (TPSA) is 127 Å². The molecular weight excluding hydrogens is 721 g/mol. The van der Waals surface area contributed by atoms with Gasteiger partial charge in [0, 0.05) is 23.1 Å². The van der Waals surface area contributed by atoms with Gasteiger partial charge in [-0.1, -0.05) is 121 Å². The molecule has 3 amide bonds. The molecule has 5 aromatic rings. The summed E-state index contributed by atoms with van der Waals surface area (Å²) in [5.74, 6) is -1.39. The molecule has 10 nitrogen and oxygen atoms in total. The van der Waals surface area contributed by atoms with Gasteiger partial charge >= 0.3 is 12.1 Å². The minimum Gasteiger partial charge on any atom is -0.448 e. The zero-order valence-electron chi connectivity index (χ0n) is 29.8. The Morgan fingerprint density at radius 1 is 0.815 bits per heavy atom. The number of fused-ring (bicyclic) bond motifs is 1. The number of alkyl carbamates (subject to hydrolysis) is 1. The van der Waals surface area contributed by atoms with Crippen molar-refractivity contribution in [1.82, 2.24) is 20.5 Å². The molecule has 0 aliphatic carbocycles. The molecule has 2 N–H and O–H groups in total. The lowest BCUT2D eigenvalue weighted by molar-refractivity contribution is -0.154. The maximum atomic E-state index is 14.6. The molecule has 12 heteroatoms. The average molecular weight is 759 g/mol. The summed E-state index contributed by atoms with van der Waals surface area (Å²) in [6.45, 7) is 5.19. The highest BCUT2D eigenvalue weighted by atomic mass is 32.2. The van der Waals surface area contributed by atoms with Gasteiger partial charge in [0.05, 0.1) is 4.88 Å². The second kappa shape index (κ2) is 15.7. The Hall–Kier alpha value is -5.72. The fourth-order valence-electron chi connectivity index (χ4n) is 6.28. The molecule has 54 heavy (non-hydrogen) atoms. The van der Waals surface area contributed by atoms with Crippen LogP contribution < -0.4 is 10.6 Å². The molecule has 0 radical (unpaired) electrons. The smallest absolute Gasteiger partial charge is 0.408 e. The van der Waals surface area contributed by atoms with Gasteiger partial charge in [-0.25, -0.2) is 14.6 Å². The molecule has 4 aromatic carbocycles. The first-order chi connectivity index (χ1) is 26.1. The Kier molecular flexibility index (Phi) is 10.7. The van der Waals surface area contributed by atoms with Crippen molar-refractivity contribution in [3.05, 3.63) is 155 Å². The highest BCUT2D eigenvalue weighted by Gasteiger charge is 2.55. The van der Waals surface area contributed by atoms with Gasteiger partial charge in [-0.3, -0.25) is 14.5 Å². The number of aromatic nitrogens is 1. The van der Waals surface area contributed by atoms with Crippen LogP contribution in [0, 0.1) is 0 Å². The summed E-state index contributed by atoms with van der Waals surface area (Å²) < 4.78 is 11.8. The molecule has 3 heterocycles. The van der Waals surface area contributed by atoms with Crippen molar-refractivity contribution in [3.8, 4) is 10.6 Å². The standard InChI is InChI=1S/C42H38N4O6S2/c1-42(2,3)52-41(50)45-32(26-16-8-4-9-17-26)36(47)44-33-38(48)46-34(40(49)51-35(27-18-10-5-11-19-27)28-20-12-6-13-21-28)30(25-53-39(33)46)31-24-43-37(54-31)29-22-14-7-15-23-29/h4-24,32-33,35,39H,25H2,1-3H3,(H,44,47)(H,45,50)/t32-,33?,39?/m1/s1. The van der Waals surface area contributed by atoms with Gasteiger partial charge in [0.2, 0.25) is 5.91 Å². The molecule has 7 rings (SSSR count). The molecule has 2 unspecified atom stereocenters. The number of β-lactam (4-membered cyclic amide) rings is 1. The molecule has 1 fully saturated rings. The van der Waals surface area contributed by atoms with Gasteiger partial charge < -0.3 is 20.1 Å². The summed E-state index contributed by atoms with van der Waals surface area (Å²) >= 11 is 2.85. The first kappa shape index (κ1) is 36.6. The van der Waals surface area contributed by atoms with E-state index >= 15 is 0 Å². The summed E-state index contributed by atoms with van der Waals surface area (Å²) in [6.07, 6.45) is 0.197. The predicted octanol–water partition coefficient (Wildman–Crippen LogP) is 7.52. The van der Waals surface area contributed by atoms with Crippen molar-refractivity contribution in [2.45, 2.75) is 49.9 Å². The number of carbonyl (C=O) groups excluding carboxylic acids is 4. The van der Waals surface area contributed by atoms with Gasteiger partial charge in [-0.15, -0.1) is 23.1 Å². The van der Waals surface area contributed by atoms with Gasteiger partial charge in [-0.2, -0.15) is 0 Å². The Labute approximate surface area is 321 Å². The van der Waals surface area contributed by atoms with Crippen LogP contribution in [0.3, 0.4) is 0 Å². The fourth-order valence-corrected chi connectivity index (χ4v) is 8.70. The number of amides is 3. The molecule has 1 saturated heterocycles. The lowest BCUT2D eigenvalue weighted by Gasteiger charge is -2.50. The number of esters is 1. The summed E-state index contributed by atoms with van der Waals surface area (Å²) in [7, 11) is 0. The van der Waals surface area contributed by atoms with E-state index in [9.17, 15) is 19.2 Å². The van der Waals surface area contributed by atoms with Crippen molar-refractivity contribution in [2.75, 3.05) is 5.75 Å². The normalized spacial score (nSPS) is 17.3. The highest BCUT2D eigenvalue weighted by molar-refractivity contribution is 8.00. The quantitative estimate of drug-likeness (QED) is 0.111. The van der Waals surface area contributed by atoms with Crippen LogP contribution in [0.2, 0.25) is 0 Å². The first-order valence-corrected chi connectivity index (χ1v) is 19.3. The number of nitrogens with zero attached hydrogens (tertiary/aromatic N) is 2. The minimum absolute atomic E-state index is 0.112. The number of nitrogens with one attached hydrogen (secondary N) is 2. The molecule has 1 aromatic heterocycles. The Morgan fingerprint density at radius 2 is 1.37 bits per heavy atom. The summed E-state index contributed by atoms with van der Waals surface area (Å²) in [5, 5.41) is 5.68. The van der Waals surface area contributed by atoms with Crippen molar-refractivity contribution in [2.24, 2.45) is 0 Å². The number of thioether (sulfide) groups is 1. The largest absolute Gasteiger partial charge is 0.448 e. The van der Waals surface area contributed by atoms with Gasteiger partial charge in [0.15, 0.2) is 6.10 Å². The van der Waals surface area contributed by atoms with E-state index < -0.39 is 53.0 Å². The zero-order chi connectivity index (χ0) is 37.8. The lowest BCUT2D eigenvalue weighted by Crippen LogP contribution is -2.71. The summed E-state index contributed by atoms with van der Waals surface area (Å²) in [6, 6.07) is 35.2. The molecular formula is C42H38N4O6S2. The van der Waals surface area contributed by atoms with E-state index in [4.69, 9.17) is 9.47 Å². The van der Waals surface area contributed by atoms with Gasteiger partial charge in [0.25, 0.3) is 5.91 Å². The van der Waals surface area contributed by atoms with Crippen molar-refractivity contribution in [1.29, 1.82) is 0 Å². The number of ether oxygens (including phenoxy) is 2. The van der Waals surface area contributed by atoms with Crippen molar-refractivity contribution < 1.29 is 28.7 Å². The average Bonchev–Trinajstić information content (AvgIpc) is 3.68. The van der Waals surface area contributed by atoms with Crippen LogP contribution in [-0.4, -0.2) is 56.5 Å². The lowest BCUT2D eigenvalue weighted by atomic mass is 9.99. The second-order valence-corrected chi connectivity index (χ2v) is 15.9. The monoisotopic (exact) mass is 758 g/mol. The van der Waals surface area contributed by atoms with E-state index in [1.165, 1.54) is 28.0 Å². The van der Waals surface area contributed by atoms with E-state index in [1.807, 2.05) is 91.0 Å². The van der Waals surface area contributed by atoms with Gasteiger partial charge in [0.1, 0.15) is 33.8 Å². The van der Waals surface area contributed by atoms with Crippen LogP contribution in [0.25, 0.3) is 16.1 Å². The third kappa shape index (κ3) is 7.95. The summed E-state index contributed by atoms with van der Waals surface area (Å²) in [4.78, 5) is 62.3. The van der Waals surface area contributed by atoms with Crippen molar-refractivity contribution >= 4 is 52.5 Å². The maximum Gasteiger partial charge on any atom is 0.408 e. The SMILES string of the molecule is CC(C)(C)OC(=O)N[C@@H](C(=O)NC1C(=O)N2C(C(=O)OC(c3ccccc3)c3ccccc3)=C(c3cnc(-c4ccccc4)s3)CSC12)c1ccccc1. The van der Waals surface area contributed by atoms with Crippen molar-refractivity contribution in [3.63, 3.8) is 0 Å². The molecule has 0 spiro atoms. The summed E-state index contributed by atoms with van der Waals surface area (Å²) in [5.41, 5.74) is 2.93. The van der Waals surface area contributed by atoms with E-state index in [1.54, 1.807) is 57.3 Å². The van der Waals surface area contributed by atoms with Crippen LogP contribution in [0.1, 0.15) is 54.5 Å².